The number of urea groups is 1. The first-order valence-electron chi connectivity index (χ1n) is 7.76. The van der Waals surface area contributed by atoms with E-state index in [1.54, 1.807) is 35.7 Å². The third-order valence-corrected chi connectivity index (χ3v) is 4.78. The molecule has 0 aliphatic carbocycles. The van der Waals surface area contributed by atoms with Crippen molar-refractivity contribution in [2.75, 3.05) is 18.7 Å². The van der Waals surface area contributed by atoms with Crippen LogP contribution in [0, 0.1) is 0 Å². The van der Waals surface area contributed by atoms with Gasteiger partial charge in [0.2, 0.25) is 6.79 Å². The third-order valence-electron chi connectivity index (χ3n) is 3.80. The molecule has 2 N–H and O–H groups in total. The lowest BCUT2D eigenvalue weighted by Gasteiger charge is -2.17. The summed E-state index contributed by atoms with van der Waals surface area (Å²) in [5.41, 5.74) is 0.647. The molecule has 0 fully saturated rings. The van der Waals surface area contributed by atoms with Gasteiger partial charge in [0.15, 0.2) is 11.5 Å². The van der Waals surface area contributed by atoms with Gasteiger partial charge in [0.1, 0.15) is 6.04 Å². The molecule has 2 aromatic heterocycles. The number of rotatable bonds is 5. The van der Waals surface area contributed by atoms with Gasteiger partial charge < -0.3 is 20.1 Å². The number of aromatic nitrogens is 2. The van der Waals surface area contributed by atoms with Crippen molar-refractivity contribution in [2.45, 2.75) is 6.04 Å². The summed E-state index contributed by atoms with van der Waals surface area (Å²) in [6.45, 7) is 0.635. The Morgan fingerprint density at radius 2 is 2.20 bits per heavy atom. The number of nitrogens with zero attached hydrogens (tertiary/aromatic N) is 2. The number of ether oxygens (including phenoxy) is 2. The van der Waals surface area contributed by atoms with Crippen LogP contribution < -0.4 is 20.1 Å². The first-order valence-corrected chi connectivity index (χ1v) is 8.64. The molecule has 8 heteroatoms. The predicted octanol–water partition coefficient (Wildman–Crippen LogP) is 3.08. The standard InChI is InChI=1S/C17H16N4O3S/c22-17(20-12-4-5-14-15(9-12)24-11-23-14)18-10-13(16-3-1-8-25-16)21-7-2-6-19-21/h1-9,13H,10-11H2,(H2,18,20,22)/t13-/m0/s1. The quantitative estimate of drug-likeness (QED) is 0.736. The van der Waals surface area contributed by atoms with Crippen molar-refractivity contribution in [2.24, 2.45) is 0 Å². The summed E-state index contributed by atoms with van der Waals surface area (Å²) in [5.74, 6) is 1.31. The van der Waals surface area contributed by atoms with E-state index >= 15 is 0 Å². The lowest BCUT2D eigenvalue weighted by molar-refractivity contribution is 0.174. The van der Waals surface area contributed by atoms with Crippen LogP contribution in [-0.4, -0.2) is 29.1 Å². The fourth-order valence-electron chi connectivity index (χ4n) is 2.61. The van der Waals surface area contributed by atoms with E-state index in [0.717, 1.165) is 4.88 Å². The van der Waals surface area contributed by atoms with Crippen molar-refractivity contribution in [3.63, 3.8) is 0 Å². The highest BCUT2D eigenvalue weighted by atomic mass is 32.1. The van der Waals surface area contributed by atoms with E-state index < -0.39 is 0 Å². The Bertz CT molecular complexity index is 815. The number of hydrogen-bond donors (Lipinski definition) is 2. The molecule has 25 heavy (non-hydrogen) atoms. The Hall–Kier alpha value is -3.00. The maximum Gasteiger partial charge on any atom is 0.319 e. The Balaban J connectivity index is 1.40. The molecule has 1 aromatic carbocycles. The van der Waals surface area contributed by atoms with Crippen LogP contribution in [0.15, 0.2) is 54.2 Å². The van der Waals surface area contributed by atoms with Gasteiger partial charge in [-0.05, 0) is 29.6 Å². The van der Waals surface area contributed by atoms with E-state index in [1.807, 2.05) is 34.5 Å². The normalized spacial score (nSPS) is 13.4. The van der Waals surface area contributed by atoms with E-state index in [9.17, 15) is 4.79 Å². The molecule has 0 radical (unpaired) electrons. The van der Waals surface area contributed by atoms with Gasteiger partial charge in [-0.3, -0.25) is 4.68 Å². The van der Waals surface area contributed by atoms with Gasteiger partial charge in [-0.1, -0.05) is 6.07 Å². The van der Waals surface area contributed by atoms with Crippen molar-refractivity contribution in [1.29, 1.82) is 0 Å². The summed E-state index contributed by atoms with van der Waals surface area (Å²) in [6, 6.07) is 10.9. The molecule has 2 amide bonds. The zero-order valence-corrected chi connectivity index (χ0v) is 14.0. The van der Waals surface area contributed by atoms with E-state index in [2.05, 4.69) is 15.7 Å². The molecular formula is C17H16N4O3S. The van der Waals surface area contributed by atoms with Crippen LogP contribution in [0.1, 0.15) is 10.9 Å². The van der Waals surface area contributed by atoms with Crippen LogP contribution in [0.5, 0.6) is 11.5 Å². The molecule has 0 saturated heterocycles. The molecule has 1 aliphatic rings. The molecule has 4 rings (SSSR count). The lowest BCUT2D eigenvalue weighted by Crippen LogP contribution is -2.34. The van der Waals surface area contributed by atoms with Crippen LogP contribution in [-0.2, 0) is 0 Å². The largest absolute Gasteiger partial charge is 0.454 e. The fraction of sp³-hybridized carbons (Fsp3) is 0.176. The van der Waals surface area contributed by atoms with E-state index in [-0.39, 0.29) is 18.9 Å². The van der Waals surface area contributed by atoms with Gasteiger partial charge in [-0.25, -0.2) is 4.79 Å². The van der Waals surface area contributed by atoms with E-state index in [1.165, 1.54) is 0 Å². The third kappa shape index (κ3) is 3.43. The van der Waals surface area contributed by atoms with Crippen molar-refractivity contribution in [3.05, 3.63) is 59.0 Å². The second-order valence-electron chi connectivity index (χ2n) is 5.42. The number of benzene rings is 1. The number of hydrogen-bond acceptors (Lipinski definition) is 5. The minimum absolute atomic E-state index is 0.0440. The maximum absolute atomic E-state index is 12.2. The topological polar surface area (TPSA) is 77.4 Å². The van der Waals surface area contributed by atoms with Crippen molar-refractivity contribution in [1.82, 2.24) is 15.1 Å². The summed E-state index contributed by atoms with van der Waals surface area (Å²) in [5, 5.41) is 12.0. The molecule has 7 nitrogen and oxygen atoms in total. The number of anilines is 1. The first-order chi connectivity index (χ1) is 12.3. The highest BCUT2D eigenvalue weighted by Gasteiger charge is 2.17. The average molecular weight is 356 g/mol. The smallest absolute Gasteiger partial charge is 0.319 e. The molecule has 0 spiro atoms. The Morgan fingerprint density at radius 3 is 3.00 bits per heavy atom. The zero-order valence-electron chi connectivity index (χ0n) is 13.2. The van der Waals surface area contributed by atoms with Crippen molar-refractivity contribution >= 4 is 23.1 Å². The van der Waals surface area contributed by atoms with Crippen molar-refractivity contribution < 1.29 is 14.3 Å². The van der Waals surface area contributed by atoms with Gasteiger partial charge in [-0.15, -0.1) is 11.3 Å². The molecule has 3 aromatic rings. The monoisotopic (exact) mass is 356 g/mol. The van der Waals surface area contributed by atoms with Crippen molar-refractivity contribution in [3.8, 4) is 11.5 Å². The van der Waals surface area contributed by atoms with Gasteiger partial charge >= 0.3 is 6.03 Å². The SMILES string of the molecule is O=C(NC[C@@H](c1cccs1)n1cccn1)Nc1ccc2c(c1)OCO2. The number of carbonyl (C=O) groups excluding carboxylic acids is 1. The van der Waals surface area contributed by atoms with Crippen LogP contribution in [0.4, 0.5) is 10.5 Å². The lowest BCUT2D eigenvalue weighted by atomic mass is 10.2. The molecule has 128 valence electrons. The highest BCUT2D eigenvalue weighted by molar-refractivity contribution is 7.10. The highest BCUT2D eigenvalue weighted by Crippen LogP contribution is 2.34. The number of fused-ring (bicyclic) bond motifs is 1. The zero-order chi connectivity index (χ0) is 17.1. The Kier molecular flexibility index (Phi) is 4.26. The van der Waals surface area contributed by atoms with Crippen LogP contribution in [0.25, 0.3) is 0 Å². The number of thiophene rings is 1. The number of amides is 2. The summed E-state index contributed by atoms with van der Waals surface area (Å²) < 4.78 is 12.4. The second kappa shape index (κ2) is 6.86. The van der Waals surface area contributed by atoms with Gasteiger partial charge in [0.25, 0.3) is 0 Å². The van der Waals surface area contributed by atoms with Gasteiger partial charge in [-0.2, -0.15) is 5.10 Å². The molecule has 1 aliphatic heterocycles. The first kappa shape index (κ1) is 15.5. The molecule has 0 bridgehead atoms. The summed E-state index contributed by atoms with van der Waals surface area (Å²) in [6.07, 6.45) is 3.62. The second-order valence-corrected chi connectivity index (χ2v) is 6.40. The van der Waals surface area contributed by atoms with Gasteiger partial charge in [0, 0.05) is 35.6 Å². The summed E-state index contributed by atoms with van der Waals surface area (Å²) in [4.78, 5) is 13.4. The predicted molar refractivity (Wildman–Crippen MR) is 94.3 cm³/mol. The summed E-state index contributed by atoms with van der Waals surface area (Å²) in [7, 11) is 0. The molecule has 3 heterocycles. The minimum Gasteiger partial charge on any atom is -0.454 e. The van der Waals surface area contributed by atoms with E-state index in [4.69, 9.17) is 9.47 Å². The fourth-order valence-corrected chi connectivity index (χ4v) is 3.43. The van der Waals surface area contributed by atoms with E-state index in [0.29, 0.717) is 23.7 Å². The summed E-state index contributed by atoms with van der Waals surface area (Å²) >= 11 is 1.64. The Labute approximate surface area is 148 Å². The van der Waals surface area contributed by atoms with Crippen LogP contribution in [0.2, 0.25) is 0 Å². The maximum atomic E-state index is 12.2. The molecule has 0 saturated carbocycles. The van der Waals surface area contributed by atoms with Gasteiger partial charge in [0.05, 0.1) is 0 Å². The molecule has 0 unspecified atom stereocenters. The Morgan fingerprint density at radius 1 is 1.28 bits per heavy atom. The molecular weight excluding hydrogens is 340 g/mol. The number of nitrogens with one attached hydrogen (secondary N) is 2. The average Bonchev–Trinajstić information content (AvgIpc) is 3.37. The number of carbonyl (C=O) groups is 1. The van der Waals surface area contributed by atoms with Crippen LogP contribution in [0.3, 0.4) is 0 Å². The van der Waals surface area contributed by atoms with Crippen LogP contribution >= 0.6 is 11.3 Å². The molecule has 1 atom stereocenters. The minimum atomic E-state index is -0.285.